The lowest BCUT2D eigenvalue weighted by molar-refractivity contribution is 0.313. The van der Waals surface area contributed by atoms with E-state index in [4.69, 9.17) is 4.74 Å². The van der Waals surface area contributed by atoms with Gasteiger partial charge in [-0.2, -0.15) is 0 Å². The van der Waals surface area contributed by atoms with E-state index < -0.39 is 0 Å². The zero-order valence-corrected chi connectivity index (χ0v) is 11.5. The number of rotatable bonds is 5. The minimum absolute atomic E-state index is 0. The average Bonchev–Trinajstić information content (AvgIpc) is 2.15. The number of nitrogens with one attached hydrogen (secondary N) is 1. The third-order valence-electron chi connectivity index (χ3n) is 1.92. The Morgan fingerprint density at radius 2 is 2.13 bits per heavy atom. The lowest BCUT2D eigenvalue weighted by atomic mass is 10.2. The fourth-order valence-electron chi connectivity index (χ4n) is 1.18. The van der Waals surface area contributed by atoms with Crippen LogP contribution in [0.15, 0.2) is 22.7 Å². The maximum Gasteiger partial charge on any atom is 0.122 e. The highest BCUT2D eigenvalue weighted by Crippen LogP contribution is 2.21. The predicted octanol–water partition coefficient (Wildman–Crippen LogP) is 3.17. The molecular formula is C11H17BrClNO. The van der Waals surface area contributed by atoms with Crippen LogP contribution in [0.4, 0.5) is 0 Å². The van der Waals surface area contributed by atoms with Gasteiger partial charge in [0.05, 0.1) is 0 Å². The van der Waals surface area contributed by atoms with E-state index in [1.54, 1.807) is 0 Å². The predicted molar refractivity (Wildman–Crippen MR) is 70.2 cm³/mol. The molecule has 1 N–H and O–H groups in total. The first-order valence-electron chi connectivity index (χ1n) is 4.83. The molecule has 1 rings (SSSR count). The van der Waals surface area contributed by atoms with Gasteiger partial charge in [0, 0.05) is 11.0 Å². The number of hydrogen-bond donors (Lipinski definition) is 1. The molecule has 0 spiro atoms. The molecule has 0 radical (unpaired) electrons. The van der Waals surface area contributed by atoms with Crippen molar-refractivity contribution in [3.05, 3.63) is 28.2 Å². The van der Waals surface area contributed by atoms with Gasteiger partial charge in [-0.3, -0.25) is 0 Å². The lowest BCUT2D eigenvalue weighted by Gasteiger charge is -2.09. The van der Waals surface area contributed by atoms with Crippen LogP contribution >= 0.6 is 28.3 Å². The molecule has 4 heteroatoms. The molecule has 1 aromatic carbocycles. The Bertz CT molecular complexity index is 294. The summed E-state index contributed by atoms with van der Waals surface area (Å²) >= 11 is 3.42. The summed E-state index contributed by atoms with van der Waals surface area (Å²) in [5.74, 6) is 0.964. The van der Waals surface area contributed by atoms with E-state index in [9.17, 15) is 0 Å². The van der Waals surface area contributed by atoms with Crippen molar-refractivity contribution in [1.82, 2.24) is 5.32 Å². The summed E-state index contributed by atoms with van der Waals surface area (Å²) in [6.07, 6.45) is 0. The van der Waals surface area contributed by atoms with E-state index >= 15 is 0 Å². The summed E-state index contributed by atoms with van der Waals surface area (Å²) in [4.78, 5) is 0. The minimum atomic E-state index is 0. The molecule has 15 heavy (non-hydrogen) atoms. The van der Waals surface area contributed by atoms with Gasteiger partial charge in [0.25, 0.3) is 0 Å². The van der Waals surface area contributed by atoms with Crippen LogP contribution in [0.25, 0.3) is 0 Å². The van der Waals surface area contributed by atoms with Gasteiger partial charge in [-0.15, -0.1) is 12.4 Å². The second kappa shape index (κ2) is 7.97. The van der Waals surface area contributed by atoms with E-state index in [-0.39, 0.29) is 12.4 Å². The first kappa shape index (κ1) is 14.8. The van der Waals surface area contributed by atoms with Crippen LogP contribution < -0.4 is 10.1 Å². The molecule has 0 aliphatic rings. The van der Waals surface area contributed by atoms with Gasteiger partial charge in [-0.1, -0.05) is 22.9 Å². The number of likely N-dealkylation sites (N-methyl/N-ethyl adjacent to an activating group) is 1. The van der Waals surface area contributed by atoms with Crippen LogP contribution in [0.3, 0.4) is 0 Å². The van der Waals surface area contributed by atoms with E-state index in [0.29, 0.717) is 0 Å². The summed E-state index contributed by atoms with van der Waals surface area (Å²) in [6.45, 7) is 6.74. The third-order valence-corrected chi connectivity index (χ3v) is 2.42. The van der Waals surface area contributed by atoms with Crippen LogP contribution in [0.2, 0.25) is 0 Å². The second-order valence-electron chi connectivity index (χ2n) is 3.11. The Labute approximate surface area is 106 Å². The standard InChI is InChI=1S/C11H16BrNO.ClH/c1-3-13-6-7-14-11-5-4-10(12)8-9(11)2;/h4-5,8,13H,3,6-7H2,1-2H3;1H. The maximum absolute atomic E-state index is 5.61. The van der Waals surface area contributed by atoms with Gasteiger partial charge >= 0.3 is 0 Å². The molecule has 0 aliphatic carbocycles. The summed E-state index contributed by atoms with van der Waals surface area (Å²) in [5, 5.41) is 3.22. The van der Waals surface area contributed by atoms with Crippen molar-refractivity contribution in [2.75, 3.05) is 19.7 Å². The Morgan fingerprint density at radius 3 is 2.73 bits per heavy atom. The molecule has 0 heterocycles. The van der Waals surface area contributed by atoms with Crippen molar-refractivity contribution in [2.24, 2.45) is 0 Å². The highest BCUT2D eigenvalue weighted by molar-refractivity contribution is 9.10. The van der Waals surface area contributed by atoms with Crippen molar-refractivity contribution < 1.29 is 4.74 Å². The fraction of sp³-hybridized carbons (Fsp3) is 0.455. The van der Waals surface area contributed by atoms with Crippen LogP contribution in [-0.4, -0.2) is 19.7 Å². The zero-order valence-electron chi connectivity index (χ0n) is 9.05. The lowest BCUT2D eigenvalue weighted by Crippen LogP contribution is -2.20. The van der Waals surface area contributed by atoms with Gasteiger partial charge < -0.3 is 10.1 Å². The number of halogens is 2. The molecule has 1 aromatic rings. The van der Waals surface area contributed by atoms with E-state index in [2.05, 4.69) is 34.2 Å². The van der Waals surface area contributed by atoms with Gasteiger partial charge in [-0.05, 0) is 37.2 Å². The van der Waals surface area contributed by atoms with Gasteiger partial charge in [0.2, 0.25) is 0 Å². The molecule has 0 saturated heterocycles. The Morgan fingerprint density at radius 1 is 1.40 bits per heavy atom. The molecule has 0 aromatic heterocycles. The van der Waals surface area contributed by atoms with Crippen LogP contribution in [0.1, 0.15) is 12.5 Å². The molecular weight excluding hydrogens is 277 g/mol. The van der Waals surface area contributed by atoms with Crippen molar-refractivity contribution in [1.29, 1.82) is 0 Å². The number of hydrogen-bond acceptors (Lipinski definition) is 2. The van der Waals surface area contributed by atoms with Crippen LogP contribution in [0.5, 0.6) is 5.75 Å². The summed E-state index contributed by atoms with van der Waals surface area (Å²) < 4.78 is 6.70. The van der Waals surface area contributed by atoms with Crippen LogP contribution in [0, 0.1) is 6.92 Å². The first-order valence-corrected chi connectivity index (χ1v) is 5.63. The summed E-state index contributed by atoms with van der Waals surface area (Å²) in [6, 6.07) is 6.05. The smallest absolute Gasteiger partial charge is 0.122 e. The molecule has 0 unspecified atom stereocenters. The van der Waals surface area contributed by atoms with Gasteiger partial charge in [0.15, 0.2) is 0 Å². The molecule has 86 valence electrons. The Hall–Kier alpha value is -0.250. The Balaban J connectivity index is 0.00000196. The topological polar surface area (TPSA) is 21.3 Å². The Kier molecular flexibility index (Phi) is 7.83. The highest BCUT2D eigenvalue weighted by Gasteiger charge is 1.98. The van der Waals surface area contributed by atoms with E-state index in [1.807, 2.05) is 19.1 Å². The summed E-state index contributed by atoms with van der Waals surface area (Å²) in [5.41, 5.74) is 1.16. The van der Waals surface area contributed by atoms with Crippen molar-refractivity contribution in [3.63, 3.8) is 0 Å². The quantitative estimate of drug-likeness (QED) is 0.842. The zero-order chi connectivity index (χ0) is 10.4. The molecule has 0 saturated carbocycles. The van der Waals surface area contributed by atoms with Gasteiger partial charge in [-0.25, -0.2) is 0 Å². The number of aryl methyl sites for hydroxylation is 1. The third kappa shape index (κ3) is 5.40. The molecule has 0 atom stereocenters. The normalized spacial score (nSPS) is 9.53. The highest BCUT2D eigenvalue weighted by atomic mass is 79.9. The molecule has 0 fully saturated rings. The number of benzene rings is 1. The minimum Gasteiger partial charge on any atom is -0.492 e. The average molecular weight is 295 g/mol. The first-order chi connectivity index (χ1) is 6.74. The number of ether oxygens (including phenoxy) is 1. The SMILES string of the molecule is CCNCCOc1ccc(Br)cc1C.Cl. The summed E-state index contributed by atoms with van der Waals surface area (Å²) in [7, 11) is 0. The largest absolute Gasteiger partial charge is 0.492 e. The second-order valence-corrected chi connectivity index (χ2v) is 4.03. The van der Waals surface area contributed by atoms with E-state index in [0.717, 1.165) is 35.5 Å². The fourth-order valence-corrected chi connectivity index (χ4v) is 1.66. The molecule has 0 bridgehead atoms. The van der Waals surface area contributed by atoms with Crippen molar-refractivity contribution in [2.45, 2.75) is 13.8 Å². The van der Waals surface area contributed by atoms with Crippen molar-refractivity contribution >= 4 is 28.3 Å². The van der Waals surface area contributed by atoms with Gasteiger partial charge in [0.1, 0.15) is 12.4 Å². The van der Waals surface area contributed by atoms with Crippen molar-refractivity contribution in [3.8, 4) is 5.75 Å². The maximum atomic E-state index is 5.61. The monoisotopic (exact) mass is 293 g/mol. The van der Waals surface area contributed by atoms with E-state index in [1.165, 1.54) is 0 Å². The molecule has 0 aliphatic heterocycles. The molecule has 0 amide bonds. The van der Waals surface area contributed by atoms with Crippen LogP contribution in [-0.2, 0) is 0 Å². The molecule has 2 nitrogen and oxygen atoms in total.